The summed E-state index contributed by atoms with van der Waals surface area (Å²) in [4.78, 5) is 10.5. The van der Waals surface area contributed by atoms with Crippen molar-refractivity contribution in [2.45, 2.75) is 26.7 Å². The van der Waals surface area contributed by atoms with E-state index in [4.69, 9.17) is 5.11 Å². The minimum Gasteiger partial charge on any atom is -0.481 e. The van der Waals surface area contributed by atoms with Crippen LogP contribution in [0.15, 0.2) is 18.2 Å². The van der Waals surface area contributed by atoms with Crippen LogP contribution in [0.25, 0.3) is 0 Å². The third-order valence-electron chi connectivity index (χ3n) is 2.93. The quantitative estimate of drug-likeness (QED) is 0.866. The van der Waals surface area contributed by atoms with Gasteiger partial charge in [0.05, 0.1) is 11.9 Å². The summed E-state index contributed by atoms with van der Waals surface area (Å²) < 4.78 is 24.8. The van der Waals surface area contributed by atoms with Gasteiger partial charge in [-0.2, -0.15) is 0 Å². The van der Waals surface area contributed by atoms with Gasteiger partial charge >= 0.3 is 5.97 Å². The van der Waals surface area contributed by atoms with E-state index in [1.54, 1.807) is 12.1 Å². The molecule has 0 saturated heterocycles. The van der Waals surface area contributed by atoms with E-state index >= 15 is 0 Å². The summed E-state index contributed by atoms with van der Waals surface area (Å²) in [6.07, 6.45) is 1.37. The second-order valence-electron chi connectivity index (χ2n) is 4.60. The molecule has 106 valence electrons. The first-order chi connectivity index (χ1) is 8.71. The van der Waals surface area contributed by atoms with Crippen LogP contribution < -0.4 is 4.31 Å². The van der Waals surface area contributed by atoms with E-state index in [1.165, 1.54) is 4.31 Å². The first-order valence-corrected chi connectivity index (χ1v) is 7.83. The molecule has 0 atom stereocenters. The van der Waals surface area contributed by atoms with E-state index in [0.29, 0.717) is 5.69 Å². The maximum Gasteiger partial charge on any atom is 0.303 e. The van der Waals surface area contributed by atoms with Gasteiger partial charge in [-0.15, -0.1) is 0 Å². The Hall–Kier alpha value is -1.56. The molecule has 6 heteroatoms. The predicted octanol–water partition coefficient (Wildman–Crippen LogP) is 1.93. The number of hydrogen-bond donors (Lipinski definition) is 1. The van der Waals surface area contributed by atoms with Gasteiger partial charge in [0.2, 0.25) is 10.0 Å². The van der Waals surface area contributed by atoms with Crippen molar-refractivity contribution in [1.29, 1.82) is 0 Å². The molecule has 0 fully saturated rings. The molecule has 1 aromatic carbocycles. The van der Waals surface area contributed by atoms with E-state index in [1.807, 2.05) is 19.9 Å². The number of anilines is 1. The van der Waals surface area contributed by atoms with Crippen LogP contribution in [-0.2, 0) is 14.8 Å². The number of carboxylic acids is 1. The van der Waals surface area contributed by atoms with Gasteiger partial charge < -0.3 is 5.11 Å². The van der Waals surface area contributed by atoms with Crippen molar-refractivity contribution in [1.82, 2.24) is 0 Å². The fourth-order valence-corrected chi connectivity index (χ4v) is 2.70. The highest BCUT2D eigenvalue weighted by Gasteiger charge is 2.17. The van der Waals surface area contributed by atoms with Crippen molar-refractivity contribution in [2.75, 3.05) is 17.1 Å². The largest absolute Gasteiger partial charge is 0.481 e. The third-order valence-corrected chi connectivity index (χ3v) is 4.12. The molecule has 0 unspecified atom stereocenters. The van der Waals surface area contributed by atoms with Gasteiger partial charge in [-0.1, -0.05) is 6.07 Å². The van der Waals surface area contributed by atoms with Crippen LogP contribution in [0.2, 0.25) is 0 Å². The minimum absolute atomic E-state index is 0.0448. The monoisotopic (exact) mass is 285 g/mol. The number of sulfonamides is 1. The van der Waals surface area contributed by atoms with Gasteiger partial charge in [0.15, 0.2) is 0 Å². The van der Waals surface area contributed by atoms with E-state index in [-0.39, 0.29) is 19.4 Å². The molecule has 0 aliphatic rings. The van der Waals surface area contributed by atoms with Gasteiger partial charge in [0, 0.05) is 13.0 Å². The number of carboxylic acid groups (broad SMARTS) is 1. The summed E-state index contributed by atoms with van der Waals surface area (Å²) in [7, 11) is -3.41. The van der Waals surface area contributed by atoms with Crippen molar-refractivity contribution < 1.29 is 18.3 Å². The molecule has 0 aliphatic heterocycles. The summed E-state index contributed by atoms with van der Waals surface area (Å²) in [5, 5.41) is 8.61. The van der Waals surface area contributed by atoms with Crippen molar-refractivity contribution >= 4 is 21.7 Å². The van der Waals surface area contributed by atoms with Crippen molar-refractivity contribution in [2.24, 2.45) is 0 Å². The summed E-state index contributed by atoms with van der Waals surface area (Å²) in [5.41, 5.74) is 2.67. The maximum absolute atomic E-state index is 11.8. The van der Waals surface area contributed by atoms with Crippen LogP contribution in [0.1, 0.15) is 24.0 Å². The highest BCUT2D eigenvalue weighted by atomic mass is 32.2. The zero-order chi connectivity index (χ0) is 14.6. The van der Waals surface area contributed by atoms with Crippen molar-refractivity contribution in [3.05, 3.63) is 29.3 Å². The van der Waals surface area contributed by atoms with Crippen molar-refractivity contribution in [3.8, 4) is 0 Å². The molecule has 0 spiro atoms. The molecule has 0 amide bonds. The third kappa shape index (κ3) is 4.55. The van der Waals surface area contributed by atoms with Crippen LogP contribution in [0.4, 0.5) is 5.69 Å². The maximum atomic E-state index is 11.8. The number of nitrogens with zero attached hydrogens (tertiary/aromatic N) is 1. The first kappa shape index (κ1) is 15.5. The van der Waals surface area contributed by atoms with E-state index < -0.39 is 16.0 Å². The second-order valence-corrected chi connectivity index (χ2v) is 6.51. The molecule has 1 N–H and O–H groups in total. The molecule has 0 bridgehead atoms. The van der Waals surface area contributed by atoms with Crippen LogP contribution >= 0.6 is 0 Å². The van der Waals surface area contributed by atoms with Crippen molar-refractivity contribution in [3.63, 3.8) is 0 Å². The Bertz CT molecular complexity index is 566. The molecule has 0 radical (unpaired) electrons. The van der Waals surface area contributed by atoms with Crippen LogP contribution in [-0.4, -0.2) is 32.3 Å². The molecule has 0 heterocycles. The Morgan fingerprint density at radius 2 is 1.89 bits per heavy atom. The lowest BCUT2D eigenvalue weighted by Gasteiger charge is -2.23. The molecule has 0 aliphatic carbocycles. The second kappa shape index (κ2) is 6.06. The highest BCUT2D eigenvalue weighted by molar-refractivity contribution is 7.92. The van der Waals surface area contributed by atoms with Crippen LogP contribution in [0.3, 0.4) is 0 Å². The van der Waals surface area contributed by atoms with Gasteiger partial charge in [-0.25, -0.2) is 8.42 Å². The van der Waals surface area contributed by atoms with Gasteiger partial charge in [0.25, 0.3) is 0 Å². The summed E-state index contributed by atoms with van der Waals surface area (Å²) in [5.74, 6) is -0.923. The number of hydrogen-bond acceptors (Lipinski definition) is 3. The zero-order valence-electron chi connectivity index (χ0n) is 11.4. The lowest BCUT2D eigenvalue weighted by Crippen LogP contribution is -2.31. The lowest BCUT2D eigenvalue weighted by atomic mass is 10.1. The standard InChI is InChI=1S/C13H19NO4S/c1-10-6-7-12(9-11(10)2)14(19(3,17)18)8-4-5-13(15)16/h6-7,9H,4-5,8H2,1-3H3,(H,15,16). The van der Waals surface area contributed by atoms with Crippen LogP contribution in [0.5, 0.6) is 0 Å². The highest BCUT2D eigenvalue weighted by Crippen LogP contribution is 2.21. The number of benzene rings is 1. The van der Waals surface area contributed by atoms with Gasteiger partial charge in [-0.3, -0.25) is 9.10 Å². The van der Waals surface area contributed by atoms with Crippen LogP contribution in [0, 0.1) is 13.8 Å². The summed E-state index contributed by atoms with van der Waals surface area (Å²) >= 11 is 0. The number of rotatable bonds is 6. The molecule has 0 saturated carbocycles. The predicted molar refractivity (Wildman–Crippen MR) is 75.0 cm³/mol. The first-order valence-electron chi connectivity index (χ1n) is 5.98. The Labute approximate surface area is 113 Å². The zero-order valence-corrected chi connectivity index (χ0v) is 12.2. The van der Waals surface area contributed by atoms with Gasteiger partial charge in [0.1, 0.15) is 0 Å². The SMILES string of the molecule is Cc1ccc(N(CCCC(=O)O)S(C)(=O)=O)cc1C. The topological polar surface area (TPSA) is 74.7 Å². The molecule has 5 nitrogen and oxygen atoms in total. The van der Waals surface area contributed by atoms with E-state index in [9.17, 15) is 13.2 Å². The molecule has 1 rings (SSSR count). The lowest BCUT2D eigenvalue weighted by molar-refractivity contribution is -0.137. The van der Waals surface area contributed by atoms with E-state index in [0.717, 1.165) is 17.4 Å². The Morgan fingerprint density at radius 1 is 1.26 bits per heavy atom. The molecule has 19 heavy (non-hydrogen) atoms. The van der Waals surface area contributed by atoms with E-state index in [2.05, 4.69) is 0 Å². The average Bonchev–Trinajstić information content (AvgIpc) is 2.26. The summed E-state index contributed by atoms with van der Waals surface area (Å²) in [6.45, 7) is 4.04. The number of aryl methyl sites for hydroxylation is 2. The fraction of sp³-hybridized carbons (Fsp3) is 0.462. The minimum atomic E-state index is -3.41. The number of carbonyl (C=O) groups is 1. The molecular weight excluding hydrogens is 266 g/mol. The Morgan fingerprint density at radius 3 is 2.37 bits per heavy atom. The Balaban J connectivity index is 2.97. The molecule has 1 aromatic rings. The fourth-order valence-electron chi connectivity index (χ4n) is 1.74. The number of aliphatic carboxylic acids is 1. The Kier molecular flexibility index (Phi) is 4.94. The smallest absolute Gasteiger partial charge is 0.303 e. The summed E-state index contributed by atoms with van der Waals surface area (Å²) in [6, 6.07) is 5.40. The normalized spacial score (nSPS) is 11.3. The molecule has 0 aromatic heterocycles. The van der Waals surface area contributed by atoms with Gasteiger partial charge in [-0.05, 0) is 43.5 Å². The average molecular weight is 285 g/mol. The molecular formula is C13H19NO4S.